The maximum absolute atomic E-state index is 13.7. The number of nitrogens with one attached hydrogen (secondary N) is 1. The third kappa shape index (κ3) is 6.58. The number of unbranched alkanes of at least 4 members (excludes halogenated alkanes) is 2. The Bertz CT molecular complexity index is 451. The van der Waals surface area contributed by atoms with Crippen LogP contribution in [-0.4, -0.2) is 30.8 Å². The van der Waals surface area contributed by atoms with Gasteiger partial charge in [0.05, 0.1) is 13.5 Å². The molecule has 0 fully saturated rings. The van der Waals surface area contributed by atoms with Crippen molar-refractivity contribution in [2.45, 2.75) is 45.1 Å². The summed E-state index contributed by atoms with van der Waals surface area (Å²) >= 11 is 0. The Morgan fingerprint density at radius 3 is 2.76 bits per heavy atom. The Hall–Kier alpha value is -1.62. The largest absolute Gasteiger partial charge is 0.494 e. The summed E-state index contributed by atoms with van der Waals surface area (Å²) in [4.78, 5) is 10.9. The molecule has 0 aliphatic rings. The molecule has 0 spiro atoms. The van der Waals surface area contributed by atoms with Crippen LogP contribution in [-0.2, 0) is 11.2 Å². The van der Waals surface area contributed by atoms with Crippen LogP contribution < -0.4 is 10.1 Å². The van der Waals surface area contributed by atoms with Crippen LogP contribution >= 0.6 is 0 Å². The van der Waals surface area contributed by atoms with E-state index in [-0.39, 0.29) is 18.2 Å². The maximum atomic E-state index is 13.7. The summed E-state index contributed by atoms with van der Waals surface area (Å²) in [6.45, 7) is 2.90. The fraction of sp³-hybridized carbons (Fsp3) is 0.562. The molecule has 0 radical (unpaired) electrons. The van der Waals surface area contributed by atoms with Gasteiger partial charge in [-0.05, 0) is 37.1 Å². The zero-order valence-corrected chi connectivity index (χ0v) is 12.7. The molecule has 1 atom stereocenters. The van der Waals surface area contributed by atoms with Crippen molar-refractivity contribution >= 4 is 5.97 Å². The van der Waals surface area contributed by atoms with Gasteiger partial charge in [0.25, 0.3) is 0 Å². The van der Waals surface area contributed by atoms with E-state index in [0.29, 0.717) is 6.42 Å². The number of benzene rings is 1. The van der Waals surface area contributed by atoms with Gasteiger partial charge in [0.1, 0.15) is 0 Å². The van der Waals surface area contributed by atoms with Gasteiger partial charge in [-0.25, -0.2) is 4.39 Å². The number of rotatable bonds is 10. The first-order chi connectivity index (χ1) is 10.1. The lowest BCUT2D eigenvalue weighted by Crippen LogP contribution is -2.34. The molecular formula is C16H24FNO3. The standard InChI is InChI=1S/C16H24FNO3/c1-3-4-5-8-18-13(11-16(19)20)9-12-6-7-15(21-2)14(17)10-12/h6-7,10,13,18H,3-5,8-9,11H2,1-2H3,(H,19,20). The molecule has 1 aromatic carbocycles. The van der Waals surface area contributed by atoms with Crippen LogP contribution in [0.3, 0.4) is 0 Å². The van der Waals surface area contributed by atoms with Crippen molar-refractivity contribution in [2.75, 3.05) is 13.7 Å². The zero-order chi connectivity index (χ0) is 15.7. The molecule has 4 nitrogen and oxygen atoms in total. The van der Waals surface area contributed by atoms with Gasteiger partial charge in [-0.3, -0.25) is 4.79 Å². The molecule has 5 heteroatoms. The molecule has 0 amide bonds. The highest BCUT2D eigenvalue weighted by Gasteiger charge is 2.14. The van der Waals surface area contributed by atoms with Crippen molar-refractivity contribution < 1.29 is 19.0 Å². The highest BCUT2D eigenvalue weighted by atomic mass is 19.1. The van der Waals surface area contributed by atoms with E-state index in [0.717, 1.165) is 31.4 Å². The van der Waals surface area contributed by atoms with Crippen molar-refractivity contribution in [2.24, 2.45) is 0 Å². The van der Waals surface area contributed by atoms with Crippen molar-refractivity contribution in [3.05, 3.63) is 29.6 Å². The topological polar surface area (TPSA) is 58.6 Å². The molecule has 0 aliphatic heterocycles. The molecule has 0 bridgehead atoms. The normalized spacial score (nSPS) is 12.1. The third-order valence-electron chi connectivity index (χ3n) is 3.33. The lowest BCUT2D eigenvalue weighted by atomic mass is 10.0. The predicted octanol–water partition coefficient (Wildman–Crippen LogP) is 3.00. The van der Waals surface area contributed by atoms with Crippen LogP contribution in [0.25, 0.3) is 0 Å². The smallest absolute Gasteiger partial charge is 0.304 e. The number of halogens is 1. The molecule has 21 heavy (non-hydrogen) atoms. The van der Waals surface area contributed by atoms with Crippen LogP contribution in [0.5, 0.6) is 5.75 Å². The molecule has 1 rings (SSSR count). The molecule has 0 saturated heterocycles. The van der Waals surface area contributed by atoms with Crippen molar-refractivity contribution in [1.29, 1.82) is 0 Å². The second-order valence-electron chi connectivity index (χ2n) is 5.13. The van der Waals surface area contributed by atoms with Gasteiger partial charge in [0.15, 0.2) is 11.6 Å². The second kappa shape index (κ2) is 9.34. The lowest BCUT2D eigenvalue weighted by Gasteiger charge is -2.17. The van der Waals surface area contributed by atoms with Gasteiger partial charge >= 0.3 is 5.97 Å². The fourth-order valence-electron chi connectivity index (χ4n) is 2.23. The van der Waals surface area contributed by atoms with E-state index in [2.05, 4.69) is 12.2 Å². The Kier molecular flexibility index (Phi) is 7.75. The number of methoxy groups -OCH3 is 1. The Morgan fingerprint density at radius 1 is 1.43 bits per heavy atom. The first-order valence-electron chi connectivity index (χ1n) is 7.34. The fourth-order valence-corrected chi connectivity index (χ4v) is 2.23. The number of hydrogen-bond donors (Lipinski definition) is 2. The number of carboxylic acids is 1. The van der Waals surface area contributed by atoms with Gasteiger partial charge in [0, 0.05) is 6.04 Å². The predicted molar refractivity (Wildman–Crippen MR) is 80.2 cm³/mol. The van der Waals surface area contributed by atoms with Crippen LogP contribution in [0, 0.1) is 5.82 Å². The Labute approximate surface area is 125 Å². The van der Waals surface area contributed by atoms with Crippen molar-refractivity contribution in [1.82, 2.24) is 5.32 Å². The summed E-state index contributed by atoms with van der Waals surface area (Å²) in [5, 5.41) is 12.2. The zero-order valence-electron chi connectivity index (χ0n) is 12.7. The molecule has 0 saturated carbocycles. The van der Waals surface area contributed by atoms with Crippen LogP contribution in [0.1, 0.15) is 38.2 Å². The summed E-state index contributed by atoms with van der Waals surface area (Å²) < 4.78 is 18.5. The number of hydrogen-bond acceptors (Lipinski definition) is 3. The minimum Gasteiger partial charge on any atom is -0.494 e. The van der Waals surface area contributed by atoms with E-state index in [9.17, 15) is 9.18 Å². The number of carbonyl (C=O) groups is 1. The monoisotopic (exact) mass is 297 g/mol. The molecule has 118 valence electrons. The molecular weight excluding hydrogens is 273 g/mol. The summed E-state index contributed by atoms with van der Waals surface area (Å²) in [6, 6.07) is 4.55. The summed E-state index contributed by atoms with van der Waals surface area (Å²) in [7, 11) is 1.42. The molecule has 0 aromatic heterocycles. The minimum atomic E-state index is -0.850. The molecule has 0 heterocycles. The first kappa shape index (κ1) is 17.4. The van der Waals surface area contributed by atoms with Crippen molar-refractivity contribution in [3.8, 4) is 5.75 Å². The van der Waals surface area contributed by atoms with Crippen molar-refractivity contribution in [3.63, 3.8) is 0 Å². The number of aliphatic carboxylic acids is 1. The quantitative estimate of drug-likeness (QED) is 0.652. The highest BCUT2D eigenvalue weighted by molar-refractivity contribution is 5.67. The molecule has 0 aliphatic carbocycles. The minimum absolute atomic E-state index is 0.0276. The second-order valence-corrected chi connectivity index (χ2v) is 5.13. The maximum Gasteiger partial charge on any atom is 0.304 e. The molecule has 1 aromatic rings. The summed E-state index contributed by atoms with van der Waals surface area (Å²) in [5.41, 5.74) is 0.766. The Morgan fingerprint density at radius 2 is 2.19 bits per heavy atom. The van der Waals surface area contributed by atoms with Gasteiger partial charge < -0.3 is 15.2 Å². The van der Waals surface area contributed by atoms with E-state index in [4.69, 9.17) is 9.84 Å². The summed E-state index contributed by atoms with van der Waals surface area (Å²) in [6.07, 6.45) is 3.77. The van der Waals surface area contributed by atoms with E-state index < -0.39 is 11.8 Å². The van der Waals surface area contributed by atoms with E-state index in [1.54, 1.807) is 12.1 Å². The average Bonchev–Trinajstić information content (AvgIpc) is 2.43. The van der Waals surface area contributed by atoms with Crippen LogP contribution in [0.2, 0.25) is 0 Å². The van der Waals surface area contributed by atoms with E-state index in [1.165, 1.54) is 13.2 Å². The SMILES string of the molecule is CCCCCNC(CC(=O)O)Cc1ccc(OC)c(F)c1. The van der Waals surface area contributed by atoms with Crippen LogP contribution in [0.4, 0.5) is 4.39 Å². The first-order valence-corrected chi connectivity index (χ1v) is 7.34. The molecule has 2 N–H and O–H groups in total. The van der Waals surface area contributed by atoms with Gasteiger partial charge in [-0.1, -0.05) is 25.8 Å². The number of carboxylic acid groups (broad SMARTS) is 1. The average molecular weight is 297 g/mol. The van der Waals surface area contributed by atoms with Gasteiger partial charge in [-0.2, -0.15) is 0 Å². The van der Waals surface area contributed by atoms with E-state index in [1.807, 2.05) is 0 Å². The van der Waals surface area contributed by atoms with Crippen LogP contribution in [0.15, 0.2) is 18.2 Å². The molecule has 1 unspecified atom stereocenters. The highest BCUT2D eigenvalue weighted by Crippen LogP contribution is 2.19. The third-order valence-corrected chi connectivity index (χ3v) is 3.33. The van der Waals surface area contributed by atoms with E-state index >= 15 is 0 Å². The lowest BCUT2D eigenvalue weighted by molar-refractivity contribution is -0.137. The van der Waals surface area contributed by atoms with Gasteiger partial charge in [-0.15, -0.1) is 0 Å². The van der Waals surface area contributed by atoms with Gasteiger partial charge in [0.2, 0.25) is 0 Å². The summed E-state index contributed by atoms with van der Waals surface area (Å²) in [5.74, 6) is -1.07. The Balaban J connectivity index is 2.62. The number of ether oxygens (including phenoxy) is 1.